The van der Waals surface area contributed by atoms with Crippen LogP contribution in [0.25, 0.3) is 0 Å². The Morgan fingerprint density at radius 3 is 2.00 bits per heavy atom. The van der Waals surface area contributed by atoms with Crippen molar-refractivity contribution in [3.8, 4) is 0 Å². The Morgan fingerprint density at radius 1 is 1.00 bits per heavy atom. The molecule has 0 radical (unpaired) electrons. The fraction of sp³-hybridized carbons (Fsp3) is 0.867. The summed E-state index contributed by atoms with van der Waals surface area (Å²) < 4.78 is 24.9. The number of phosphoric acid groups is 1. The van der Waals surface area contributed by atoms with Crippen molar-refractivity contribution in [2.24, 2.45) is 0 Å². The van der Waals surface area contributed by atoms with Crippen LogP contribution in [0.4, 0.5) is 0 Å². The third kappa shape index (κ3) is 18.6. The molecule has 1 N–H and O–H groups in total. The second-order valence-corrected chi connectivity index (χ2v) is 6.67. The van der Waals surface area contributed by atoms with Crippen LogP contribution in [-0.2, 0) is 28.2 Å². The SMILES string of the molecule is CCCCCC(=O)OC[C@H](COP(=O)([O-])O)OC(=O)CCCCC.[Na+]. The van der Waals surface area contributed by atoms with Gasteiger partial charge in [0.15, 0.2) is 6.10 Å². The number of rotatable bonds is 14. The summed E-state index contributed by atoms with van der Waals surface area (Å²) >= 11 is 0. The molecule has 0 fully saturated rings. The molecule has 0 aromatic rings. The number of esters is 2. The van der Waals surface area contributed by atoms with Crippen molar-refractivity contribution in [1.82, 2.24) is 0 Å². The Morgan fingerprint density at radius 2 is 1.52 bits per heavy atom. The second kappa shape index (κ2) is 16.2. The first kappa shape index (κ1) is 27.3. The first-order valence-electron chi connectivity index (χ1n) is 8.32. The zero-order valence-corrected chi connectivity index (χ0v) is 18.3. The molecule has 2 atom stereocenters. The summed E-state index contributed by atoms with van der Waals surface area (Å²) in [5.41, 5.74) is 0. The fourth-order valence-corrected chi connectivity index (χ4v) is 2.19. The normalized spacial score (nSPS) is 14.1. The van der Waals surface area contributed by atoms with Crippen molar-refractivity contribution in [2.45, 2.75) is 71.3 Å². The van der Waals surface area contributed by atoms with Crippen LogP contribution in [0, 0.1) is 0 Å². The van der Waals surface area contributed by atoms with Gasteiger partial charge < -0.3 is 23.8 Å². The average Bonchev–Trinajstić information content (AvgIpc) is 2.49. The molecule has 10 heteroatoms. The molecule has 142 valence electrons. The molecular formula is C15H28NaO8P. The van der Waals surface area contributed by atoms with E-state index in [1.54, 1.807) is 0 Å². The molecule has 0 spiro atoms. The number of phosphoric ester groups is 1. The van der Waals surface area contributed by atoms with Crippen LogP contribution in [0.5, 0.6) is 0 Å². The molecule has 25 heavy (non-hydrogen) atoms. The number of unbranched alkanes of at least 4 members (excludes halogenated alkanes) is 4. The van der Waals surface area contributed by atoms with E-state index in [1.165, 1.54) is 0 Å². The minimum atomic E-state index is -4.94. The zero-order chi connectivity index (χ0) is 18.4. The molecule has 8 nitrogen and oxygen atoms in total. The molecule has 0 aromatic heterocycles. The Labute approximate surface area is 171 Å². The van der Waals surface area contributed by atoms with Crippen molar-refractivity contribution >= 4 is 19.8 Å². The van der Waals surface area contributed by atoms with E-state index in [4.69, 9.17) is 14.4 Å². The van der Waals surface area contributed by atoms with Gasteiger partial charge in [-0.2, -0.15) is 0 Å². The van der Waals surface area contributed by atoms with Crippen LogP contribution in [-0.4, -0.2) is 36.1 Å². The van der Waals surface area contributed by atoms with Gasteiger partial charge in [-0.15, -0.1) is 0 Å². The Bertz CT molecular complexity index is 412. The van der Waals surface area contributed by atoms with E-state index in [9.17, 15) is 19.0 Å². The Hall–Kier alpha value is 0.0500. The summed E-state index contributed by atoms with van der Waals surface area (Å²) in [5.74, 6) is -0.984. The summed E-state index contributed by atoms with van der Waals surface area (Å²) in [5, 5.41) is 0. The second-order valence-electron chi connectivity index (χ2n) is 5.47. The van der Waals surface area contributed by atoms with Gasteiger partial charge in [0.1, 0.15) is 6.61 Å². The molecule has 0 saturated carbocycles. The van der Waals surface area contributed by atoms with Crippen LogP contribution in [0.3, 0.4) is 0 Å². The van der Waals surface area contributed by atoms with Crippen molar-refractivity contribution < 1.29 is 67.5 Å². The summed E-state index contributed by atoms with van der Waals surface area (Å²) in [4.78, 5) is 42.5. The van der Waals surface area contributed by atoms with Gasteiger partial charge in [-0.1, -0.05) is 39.5 Å². The van der Waals surface area contributed by atoms with Gasteiger partial charge in [0, 0.05) is 12.8 Å². The third-order valence-electron chi connectivity index (χ3n) is 3.12. The molecule has 0 bridgehead atoms. The van der Waals surface area contributed by atoms with Crippen LogP contribution in [0.15, 0.2) is 0 Å². The fourth-order valence-electron chi connectivity index (χ4n) is 1.84. The number of hydrogen-bond acceptors (Lipinski definition) is 7. The molecule has 1 unspecified atom stereocenters. The van der Waals surface area contributed by atoms with Crippen molar-refractivity contribution in [1.29, 1.82) is 0 Å². The zero-order valence-electron chi connectivity index (χ0n) is 15.4. The number of carbonyl (C=O) groups is 2. The van der Waals surface area contributed by atoms with Gasteiger partial charge in [0.2, 0.25) is 0 Å². The first-order valence-corrected chi connectivity index (χ1v) is 9.81. The number of hydrogen-bond donors (Lipinski definition) is 1. The van der Waals surface area contributed by atoms with Gasteiger partial charge in [-0.05, 0) is 12.8 Å². The predicted molar refractivity (Wildman–Crippen MR) is 84.9 cm³/mol. The standard InChI is InChI=1S/C15H29O8P.Na/c1-3-5-7-9-14(16)21-11-13(12-22-24(18,19)20)23-15(17)10-8-6-4-2;/h13H,3-12H2,1-2H3,(H2,18,19,20);/q;+1/p-1/t13-;/m1./s1. The van der Waals surface area contributed by atoms with Crippen molar-refractivity contribution in [2.75, 3.05) is 13.2 Å². The number of ether oxygens (including phenoxy) is 2. The quantitative estimate of drug-likeness (QED) is 0.175. The molecule has 0 saturated heterocycles. The van der Waals surface area contributed by atoms with E-state index in [0.29, 0.717) is 12.8 Å². The minimum absolute atomic E-state index is 0. The first-order chi connectivity index (χ1) is 11.3. The van der Waals surface area contributed by atoms with Crippen LogP contribution >= 0.6 is 7.82 Å². The summed E-state index contributed by atoms with van der Waals surface area (Å²) in [6.45, 7) is 3.09. The maximum Gasteiger partial charge on any atom is 1.00 e. The van der Waals surface area contributed by atoms with Crippen molar-refractivity contribution in [3.05, 3.63) is 0 Å². The average molecular weight is 390 g/mol. The summed E-state index contributed by atoms with van der Waals surface area (Å²) in [7, 11) is -4.94. The number of carbonyl (C=O) groups excluding carboxylic acids is 2. The van der Waals surface area contributed by atoms with E-state index in [-0.39, 0.29) is 49.0 Å². The predicted octanol–water partition coefficient (Wildman–Crippen LogP) is -0.917. The van der Waals surface area contributed by atoms with E-state index < -0.39 is 32.5 Å². The van der Waals surface area contributed by atoms with E-state index in [2.05, 4.69) is 4.52 Å². The van der Waals surface area contributed by atoms with Gasteiger partial charge in [-0.3, -0.25) is 14.2 Å². The van der Waals surface area contributed by atoms with E-state index in [1.807, 2.05) is 13.8 Å². The molecule has 0 aliphatic carbocycles. The summed E-state index contributed by atoms with van der Waals surface area (Å²) in [6, 6.07) is 0. The topological polar surface area (TPSA) is 122 Å². The molecular weight excluding hydrogens is 362 g/mol. The molecule has 0 amide bonds. The van der Waals surface area contributed by atoms with Crippen LogP contribution < -0.4 is 34.5 Å². The van der Waals surface area contributed by atoms with Gasteiger partial charge >= 0.3 is 41.5 Å². The summed E-state index contributed by atoms with van der Waals surface area (Å²) in [6.07, 6.45) is 4.37. The van der Waals surface area contributed by atoms with Gasteiger partial charge in [-0.25, -0.2) is 0 Å². The van der Waals surface area contributed by atoms with Crippen molar-refractivity contribution in [3.63, 3.8) is 0 Å². The minimum Gasteiger partial charge on any atom is -0.756 e. The monoisotopic (exact) mass is 390 g/mol. The van der Waals surface area contributed by atoms with E-state index >= 15 is 0 Å². The van der Waals surface area contributed by atoms with Crippen LogP contribution in [0.2, 0.25) is 0 Å². The molecule has 0 aliphatic heterocycles. The smallest absolute Gasteiger partial charge is 0.756 e. The largest absolute Gasteiger partial charge is 1.00 e. The van der Waals surface area contributed by atoms with Gasteiger partial charge in [0.25, 0.3) is 7.82 Å². The molecule has 0 heterocycles. The molecule has 0 aliphatic rings. The third-order valence-corrected chi connectivity index (χ3v) is 3.60. The molecule has 0 rings (SSSR count). The maximum atomic E-state index is 11.7. The molecule has 0 aromatic carbocycles. The Balaban J connectivity index is 0. The maximum absolute atomic E-state index is 11.7. The van der Waals surface area contributed by atoms with Gasteiger partial charge in [0.05, 0.1) is 6.61 Å². The van der Waals surface area contributed by atoms with Crippen LogP contribution in [0.1, 0.15) is 65.2 Å². The van der Waals surface area contributed by atoms with E-state index in [0.717, 1.165) is 25.7 Å². The Kier molecular flexibility index (Phi) is 17.7.